The number of carbonyl (C=O) groups excluding carboxylic acids is 1. The van der Waals surface area contributed by atoms with E-state index in [1.165, 1.54) is 6.08 Å². The molecule has 2 N–H and O–H groups in total. The van der Waals surface area contributed by atoms with Crippen LogP contribution in [-0.2, 0) is 4.79 Å². The summed E-state index contributed by atoms with van der Waals surface area (Å²) in [5.74, 6) is -0.368. The second-order valence-corrected chi connectivity index (χ2v) is 3.48. The van der Waals surface area contributed by atoms with Gasteiger partial charge in [-0.1, -0.05) is 26.3 Å². The van der Waals surface area contributed by atoms with Crippen LogP contribution < -0.4 is 5.73 Å². The van der Waals surface area contributed by atoms with Crippen molar-refractivity contribution in [3.8, 4) is 0 Å². The minimum atomic E-state index is -0.368. The van der Waals surface area contributed by atoms with Crippen molar-refractivity contribution < 1.29 is 4.79 Å². The average molecular weight is 141 g/mol. The van der Waals surface area contributed by atoms with Crippen LogP contribution in [0.15, 0.2) is 11.6 Å². The summed E-state index contributed by atoms with van der Waals surface area (Å²) in [4.78, 5) is 10.4. The molecule has 0 heterocycles. The van der Waals surface area contributed by atoms with E-state index in [1.54, 1.807) is 0 Å². The Morgan fingerprint density at radius 3 is 1.90 bits per heavy atom. The van der Waals surface area contributed by atoms with Gasteiger partial charge in [0.25, 0.3) is 0 Å². The van der Waals surface area contributed by atoms with Crippen molar-refractivity contribution in [2.75, 3.05) is 0 Å². The van der Waals surface area contributed by atoms with Crippen molar-refractivity contribution in [1.29, 1.82) is 0 Å². The van der Waals surface area contributed by atoms with E-state index in [4.69, 9.17) is 5.73 Å². The van der Waals surface area contributed by atoms with Crippen molar-refractivity contribution in [3.05, 3.63) is 11.6 Å². The molecular formula is C8H15NO. The number of rotatable bonds is 1. The molecule has 0 spiro atoms. The molecule has 10 heavy (non-hydrogen) atoms. The molecule has 58 valence electrons. The zero-order valence-electron chi connectivity index (χ0n) is 7.06. The third kappa shape index (κ3) is 3.28. The minimum absolute atomic E-state index is 0.0506. The normalized spacial score (nSPS) is 13.4. The minimum Gasteiger partial charge on any atom is -0.366 e. The van der Waals surface area contributed by atoms with Gasteiger partial charge in [0.2, 0.25) is 5.91 Å². The molecule has 0 aromatic heterocycles. The van der Waals surface area contributed by atoms with E-state index in [1.807, 2.05) is 27.7 Å². The number of amides is 1. The SMILES string of the molecule is C/C(=C/C(N)=O)C(C)(C)C. The Hall–Kier alpha value is -0.790. The highest BCUT2D eigenvalue weighted by atomic mass is 16.1. The van der Waals surface area contributed by atoms with Gasteiger partial charge in [-0.15, -0.1) is 0 Å². The lowest BCUT2D eigenvalue weighted by Crippen LogP contribution is -2.13. The molecule has 0 aromatic rings. The van der Waals surface area contributed by atoms with Crippen LogP contribution in [0.2, 0.25) is 0 Å². The number of primary amides is 1. The van der Waals surface area contributed by atoms with Crippen LogP contribution in [-0.4, -0.2) is 5.91 Å². The van der Waals surface area contributed by atoms with Gasteiger partial charge in [0, 0.05) is 6.08 Å². The van der Waals surface area contributed by atoms with Gasteiger partial charge in [-0.2, -0.15) is 0 Å². The lowest BCUT2D eigenvalue weighted by Gasteiger charge is -2.18. The molecule has 0 rings (SSSR count). The fourth-order valence-electron chi connectivity index (χ4n) is 0.430. The van der Waals surface area contributed by atoms with Gasteiger partial charge in [-0.05, 0) is 12.3 Å². The highest BCUT2D eigenvalue weighted by Crippen LogP contribution is 2.23. The predicted molar refractivity (Wildman–Crippen MR) is 42.4 cm³/mol. The van der Waals surface area contributed by atoms with Crippen LogP contribution in [0.25, 0.3) is 0 Å². The molecule has 0 saturated heterocycles. The Morgan fingerprint density at radius 2 is 1.80 bits per heavy atom. The van der Waals surface area contributed by atoms with E-state index in [2.05, 4.69) is 0 Å². The maximum Gasteiger partial charge on any atom is 0.241 e. The third-order valence-corrected chi connectivity index (χ3v) is 1.54. The summed E-state index contributed by atoms with van der Waals surface area (Å²) in [5.41, 5.74) is 6.04. The number of hydrogen-bond acceptors (Lipinski definition) is 1. The molecule has 2 heteroatoms. The summed E-state index contributed by atoms with van der Waals surface area (Å²) in [6.45, 7) is 8.04. The van der Waals surface area contributed by atoms with Crippen LogP contribution in [0.1, 0.15) is 27.7 Å². The highest BCUT2D eigenvalue weighted by molar-refractivity contribution is 5.86. The fourth-order valence-corrected chi connectivity index (χ4v) is 0.430. The smallest absolute Gasteiger partial charge is 0.241 e. The van der Waals surface area contributed by atoms with Gasteiger partial charge >= 0.3 is 0 Å². The largest absolute Gasteiger partial charge is 0.366 e. The predicted octanol–water partition coefficient (Wildman–Crippen LogP) is 1.46. The Bertz CT molecular complexity index is 163. The summed E-state index contributed by atoms with van der Waals surface area (Å²) >= 11 is 0. The quantitative estimate of drug-likeness (QED) is 0.552. The summed E-state index contributed by atoms with van der Waals surface area (Å²) in [6.07, 6.45) is 1.47. The van der Waals surface area contributed by atoms with Crippen LogP contribution >= 0.6 is 0 Å². The van der Waals surface area contributed by atoms with Crippen molar-refractivity contribution in [2.24, 2.45) is 11.1 Å². The molecule has 2 nitrogen and oxygen atoms in total. The van der Waals surface area contributed by atoms with E-state index < -0.39 is 0 Å². The lowest BCUT2D eigenvalue weighted by molar-refractivity contribution is -0.113. The Kier molecular flexibility index (Phi) is 2.64. The summed E-state index contributed by atoms with van der Waals surface area (Å²) in [5, 5.41) is 0. The van der Waals surface area contributed by atoms with E-state index >= 15 is 0 Å². The molecule has 0 aliphatic rings. The van der Waals surface area contributed by atoms with Crippen LogP contribution in [0.5, 0.6) is 0 Å². The summed E-state index contributed by atoms with van der Waals surface area (Å²) in [7, 11) is 0. The van der Waals surface area contributed by atoms with Crippen molar-refractivity contribution >= 4 is 5.91 Å². The van der Waals surface area contributed by atoms with Crippen LogP contribution in [0.4, 0.5) is 0 Å². The van der Waals surface area contributed by atoms with E-state index in [0.29, 0.717) is 0 Å². The average Bonchev–Trinajstić information content (AvgIpc) is 1.60. The zero-order valence-corrected chi connectivity index (χ0v) is 7.06. The molecule has 0 aliphatic carbocycles. The molecule has 0 saturated carbocycles. The first-order valence-electron chi connectivity index (χ1n) is 3.32. The second kappa shape index (κ2) is 2.86. The Morgan fingerprint density at radius 1 is 1.40 bits per heavy atom. The molecule has 0 bridgehead atoms. The van der Waals surface area contributed by atoms with Gasteiger partial charge in [0.05, 0.1) is 0 Å². The first kappa shape index (κ1) is 9.21. The molecule has 1 amide bonds. The molecule has 0 atom stereocenters. The highest BCUT2D eigenvalue weighted by Gasteiger charge is 2.12. The van der Waals surface area contributed by atoms with Crippen molar-refractivity contribution in [1.82, 2.24) is 0 Å². The maximum atomic E-state index is 10.4. The number of nitrogens with two attached hydrogens (primary N) is 1. The summed E-state index contributed by atoms with van der Waals surface area (Å²) in [6, 6.07) is 0. The van der Waals surface area contributed by atoms with Gasteiger partial charge in [-0.3, -0.25) is 4.79 Å². The molecule has 0 fully saturated rings. The number of hydrogen-bond donors (Lipinski definition) is 1. The first-order valence-corrected chi connectivity index (χ1v) is 3.32. The topological polar surface area (TPSA) is 43.1 Å². The maximum absolute atomic E-state index is 10.4. The van der Waals surface area contributed by atoms with E-state index in [9.17, 15) is 4.79 Å². The zero-order chi connectivity index (χ0) is 8.36. The Labute approximate surface area is 62.1 Å². The monoisotopic (exact) mass is 141 g/mol. The molecular weight excluding hydrogens is 126 g/mol. The van der Waals surface area contributed by atoms with Gasteiger partial charge < -0.3 is 5.73 Å². The second-order valence-electron chi connectivity index (χ2n) is 3.48. The fraction of sp³-hybridized carbons (Fsp3) is 0.625. The third-order valence-electron chi connectivity index (χ3n) is 1.54. The number of allylic oxidation sites excluding steroid dienone is 1. The van der Waals surface area contributed by atoms with Crippen LogP contribution in [0.3, 0.4) is 0 Å². The van der Waals surface area contributed by atoms with E-state index in [-0.39, 0.29) is 11.3 Å². The molecule has 0 radical (unpaired) electrons. The number of carbonyl (C=O) groups is 1. The molecule has 0 unspecified atom stereocenters. The summed E-state index contributed by atoms with van der Waals surface area (Å²) < 4.78 is 0. The van der Waals surface area contributed by atoms with Crippen molar-refractivity contribution in [3.63, 3.8) is 0 Å². The van der Waals surface area contributed by atoms with Gasteiger partial charge in [0.1, 0.15) is 0 Å². The molecule has 0 aliphatic heterocycles. The standard InChI is InChI=1S/C8H15NO/c1-6(5-7(9)10)8(2,3)4/h5H,1-4H3,(H2,9,10)/b6-5-. The Balaban J connectivity index is 4.35. The van der Waals surface area contributed by atoms with Gasteiger partial charge in [-0.25, -0.2) is 0 Å². The van der Waals surface area contributed by atoms with E-state index in [0.717, 1.165) is 5.57 Å². The van der Waals surface area contributed by atoms with Crippen molar-refractivity contribution in [2.45, 2.75) is 27.7 Å². The first-order chi connectivity index (χ1) is 4.34. The lowest BCUT2D eigenvalue weighted by atomic mass is 9.87. The molecule has 0 aromatic carbocycles. The van der Waals surface area contributed by atoms with Crippen LogP contribution in [0, 0.1) is 5.41 Å². The van der Waals surface area contributed by atoms with Gasteiger partial charge in [0.15, 0.2) is 0 Å².